The number of fused-ring (bicyclic) bond motifs is 1. The summed E-state index contributed by atoms with van der Waals surface area (Å²) in [4.78, 5) is 37.2. The minimum absolute atomic E-state index is 0.108. The number of aromatic nitrogens is 2. The molecule has 1 aromatic heterocycles. The van der Waals surface area contributed by atoms with E-state index in [1.54, 1.807) is 11.9 Å². The number of nitrogens with zero attached hydrogens (tertiary/aromatic N) is 6. The highest BCUT2D eigenvalue weighted by molar-refractivity contribution is 6.11. The van der Waals surface area contributed by atoms with Crippen molar-refractivity contribution in [2.24, 2.45) is 4.99 Å². The van der Waals surface area contributed by atoms with Crippen molar-refractivity contribution in [3.63, 3.8) is 0 Å². The summed E-state index contributed by atoms with van der Waals surface area (Å²) in [5, 5.41) is 9.24. The van der Waals surface area contributed by atoms with Gasteiger partial charge < -0.3 is 14.9 Å². The zero-order valence-electron chi connectivity index (χ0n) is 19.5. The summed E-state index contributed by atoms with van der Waals surface area (Å²) in [5.41, 5.74) is 4.91. The van der Waals surface area contributed by atoms with Crippen LogP contribution in [0.4, 0.5) is 10.5 Å². The van der Waals surface area contributed by atoms with Crippen molar-refractivity contribution in [3.8, 4) is 5.69 Å². The average molecular weight is 449 g/mol. The van der Waals surface area contributed by atoms with E-state index in [4.69, 9.17) is 4.98 Å². The number of carbonyl (C=O) groups is 2. The number of hydrogen-bond acceptors (Lipinski definition) is 4. The topological polar surface area (TPSA) is 94.3 Å². The molecule has 0 bridgehead atoms. The molecule has 2 amide bonds. The fourth-order valence-electron chi connectivity index (χ4n) is 4.39. The Morgan fingerprint density at radius 1 is 1.18 bits per heavy atom. The Morgan fingerprint density at radius 2 is 1.85 bits per heavy atom. The van der Waals surface area contributed by atoms with Crippen LogP contribution in [0.25, 0.3) is 16.7 Å². The van der Waals surface area contributed by atoms with Crippen LogP contribution >= 0.6 is 0 Å². The summed E-state index contributed by atoms with van der Waals surface area (Å²) in [6, 6.07) is 13.8. The van der Waals surface area contributed by atoms with Gasteiger partial charge in [-0.25, -0.2) is 9.78 Å². The normalized spacial score (nSPS) is 18.1. The van der Waals surface area contributed by atoms with Crippen LogP contribution in [0.1, 0.15) is 24.7 Å². The van der Waals surface area contributed by atoms with Gasteiger partial charge in [-0.2, -0.15) is 0 Å². The first-order valence-corrected chi connectivity index (χ1v) is 10.8. The number of imidazole rings is 1. The lowest BCUT2D eigenvalue weighted by molar-refractivity contribution is -0.127. The molecular formula is C24H28N6O3. The molecular weight excluding hydrogens is 420 g/mol. The largest absolute Gasteiger partial charge is 0.463 e. The van der Waals surface area contributed by atoms with Gasteiger partial charge in [0.25, 0.3) is 0 Å². The fraction of sp³-hybridized carbons (Fsp3) is 0.333. The first kappa shape index (κ1) is 22.5. The minimum atomic E-state index is -1.34. The Kier molecular flexibility index (Phi) is 5.90. The number of amides is 2. The number of guanidine groups is 1. The molecule has 1 aliphatic rings. The van der Waals surface area contributed by atoms with Crippen LogP contribution in [0.5, 0.6) is 0 Å². The van der Waals surface area contributed by atoms with E-state index in [0.717, 1.165) is 34.8 Å². The van der Waals surface area contributed by atoms with E-state index in [2.05, 4.69) is 20.5 Å². The van der Waals surface area contributed by atoms with E-state index in [1.165, 1.54) is 10.5 Å². The lowest BCUT2D eigenvalue weighted by Crippen LogP contribution is -2.56. The first-order valence-electron chi connectivity index (χ1n) is 10.8. The lowest BCUT2D eigenvalue weighted by Gasteiger charge is -2.40. The van der Waals surface area contributed by atoms with Crippen LogP contribution in [-0.4, -0.2) is 69.6 Å². The third-order valence-electron chi connectivity index (χ3n) is 5.80. The van der Waals surface area contributed by atoms with Gasteiger partial charge in [-0.1, -0.05) is 12.1 Å². The number of carboxylic acid groups (broad SMARTS) is 1. The Bertz CT molecular complexity index is 1250. The SMILES string of the molecule is Cc1nc2cccc(CN(C)C)c2n1-c1ccc(N2/C(=N\C(=O)O)N(C)C(=O)C[C@@H]2C)cc1. The summed E-state index contributed by atoms with van der Waals surface area (Å²) >= 11 is 0. The van der Waals surface area contributed by atoms with E-state index >= 15 is 0 Å². The summed E-state index contributed by atoms with van der Waals surface area (Å²) in [6.07, 6.45) is -1.06. The molecule has 1 aliphatic heterocycles. The number of hydrogen-bond donors (Lipinski definition) is 1. The second-order valence-corrected chi connectivity index (χ2v) is 8.60. The number of rotatable bonds is 4. The van der Waals surface area contributed by atoms with Gasteiger partial charge in [0.2, 0.25) is 11.9 Å². The zero-order chi connectivity index (χ0) is 23.9. The van der Waals surface area contributed by atoms with Crippen molar-refractivity contribution in [1.82, 2.24) is 19.4 Å². The van der Waals surface area contributed by atoms with Crippen LogP contribution < -0.4 is 4.90 Å². The summed E-state index contributed by atoms with van der Waals surface area (Å²) in [7, 11) is 5.63. The third-order valence-corrected chi connectivity index (χ3v) is 5.80. The molecule has 1 atom stereocenters. The number of aliphatic imine (C=N–C) groups is 1. The van der Waals surface area contributed by atoms with Gasteiger partial charge >= 0.3 is 6.09 Å². The van der Waals surface area contributed by atoms with E-state index < -0.39 is 6.09 Å². The molecule has 9 heteroatoms. The highest BCUT2D eigenvalue weighted by Crippen LogP contribution is 2.29. The maximum atomic E-state index is 12.3. The highest BCUT2D eigenvalue weighted by atomic mass is 16.4. The fourth-order valence-corrected chi connectivity index (χ4v) is 4.39. The van der Waals surface area contributed by atoms with Gasteiger partial charge in [-0.3, -0.25) is 14.3 Å². The first-order chi connectivity index (χ1) is 15.7. The predicted octanol–water partition coefficient (Wildman–Crippen LogP) is 3.49. The number of carbonyl (C=O) groups excluding carboxylic acids is 1. The van der Waals surface area contributed by atoms with Crippen LogP contribution in [0, 0.1) is 6.92 Å². The van der Waals surface area contributed by atoms with Gasteiger partial charge in [0.05, 0.1) is 11.0 Å². The molecule has 1 saturated heterocycles. The predicted molar refractivity (Wildman–Crippen MR) is 128 cm³/mol. The number of para-hydroxylation sites is 1. The highest BCUT2D eigenvalue weighted by Gasteiger charge is 2.34. The summed E-state index contributed by atoms with van der Waals surface area (Å²) in [6.45, 7) is 4.66. The maximum Gasteiger partial charge on any atom is 0.434 e. The quantitative estimate of drug-likeness (QED) is 0.657. The van der Waals surface area contributed by atoms with E-state index in [0.29, 0.717) is 0 Å². The monoisotopic (exact) mass is 448 g/mol. The van der Waals surface area contributed by atoms with Crippen molar-refractivity contribution < 1.29 is 14.7 Å². The van der Waals surface area contributed by atoms with Crippen molar-refractivity contribution in [3.05, 3.63) is 53.9 Å². The van der Waals surface area contributed by atoms with Crippen LogP contribution in [0.3, 0.4) is 0 Å². The van der Waals surface area contributed by atoms with Crippen molar-refractivity contribution in [2.45, 2.75) is 32.9 Å². The van der Waals surface area contributed by atoms with Gasteiger partial charge in [0, 0.05) is 37.4 Å². The van der Waals surface area contributed by atoms with E-state index in [1.807, 2.05) is 64.3 Å². The smallest absolute Gasteiger partial charge is 0.434 e. The Balaban J connectivity index is 1.78. The minimum Gasteiger partial charge on any atom is -0.463 e. The average Bonchev–Trinajstić information content (AvgIpc) is 3.08. The van der Waals surface area contributed by atoms with Gasteiger partial charge in [0.1, 0.15) is 5.82 Å². The van der Waals surface area contributed by atoms with Crippen molar-refractivity contribution in [2.75, 3.05) is 26.0 Å². The molecule has 4 rings (SSSR count). The number of aryl methyl sites for hydroxylation is 1. The standard InChI is InChI=1S/C24H28N6O3/c1-15-13-21(31)28(5)23(26-24(32)33)29(15)18-9-11-19(12-10-18)30-16(2)25-20-8-6-7-17(22(20)30)14-27(3)4/h6-12,15H,13-14H2,1-5H3,(H,32,33)/b26-23-/t15-/m0/s1. The molecule has 3 aromatic rings. The molecule has 9 nitrogen and oxygen atoms in total. The summed E-state index contributed by atoms with van der Waals surface area (Å²) < 4.78 is 2.14. The van der Waals surface area contributed by atoms with Gasteiger partial charge in [-0.15, -0.1) is 4.99 Å². The molecule has 0 radical (unpaired) electrons. The van der Waals surface area contributed by atoms with Crippen LogP contribution in [-0.2, 0) is 11.3 Å². The molecule has 2 aromatic carbocycles. The van der Waals surface area contributed by atoms with Crippen molar-refractivity contribution in [1.29, 1.82) is 0 Å². The molecule has 172 valence electrons. The molecule has 0 aliphatic carbocycles. The van der Waals surface area contributed by atoms with E-state index in [-0.39, 0.29) is 24.3 Å². The molecule has 0 unspecified atom stereocenters. The van der Waals surface area contributed by atoms with Crippen molar-refractivity contribution >= 4 is 34.7 Å². The van der Waals surface area contributed by atoms with Crippen LogP contribution in [0.2, 0.25) is 0 Å². The molecule has 2 heterocycles. The Morgan fingerprint density at radius 3 is 2.48 bits per heavy atom. The molecule has 33 heavy (non-hydrogen) atoms. The second-order valence-electron chi connectivity index (χ2n) is 8.60. The zero-order valence-corrected chi connectivity index (χ0v) is 19.5. The molecule has 1 fully saturated rings. The van der Waals surface area contributed by atoms with Gasteiger partial charge in [-0.05, 0) is 63.8 Å². The van der Waals surface area contributed by atoms with E-state index in [9.17, 15) is 14.7 Å². The number of anilines is 1. The maximum absolute atomic E-state index is 12.3. The lowest BCUT2D eigenvalue weighted by atomic mass is 10.1. The number of benzene rings is 2. The third kappa shape index (κ3) is 4.19. The molecule has 0 saturated carbocycles. The second kappa shape index (κ2) is 8.67. The van der Waals surface area contributed by atoms with Crippen LogP contribution in [0.15, 0.2) is 47.5 Å². The Hall–Kier alpha value is -3.72. The summed E-state index contributed by atoms with van der Waals surface area (Å²) in [5.74, 6) is 0.828. The Labute approximate surface area is 192 Å². The molecule has 1 N–H and O–H groups in total. The molecule has 0 spiro atoms. The van der Waals surface area contributed by atoms with Gasteiger partial charge in [0.15, 0.2) is 0 Å².